The summed E-state index contributed by atoms with van der Waals surface area (Å²) < 4.78 is 39.1. The summed E-state index contributed by atoms with van der Waals surface area (Å²) >= 11 is 0. The highest BCUT2D eigenvalue weighted by Gasteiger charge is 2.35. The molecule has 1 N–H and O–H groups in total. The molecule has 0 aromatic heterocycles. The lowest BCUT2D eigenvalue weighted by Crippen LogP contribution is -2.58. The van der Waals surface area contributed by atoms with Crippen molar-refractivity contribution >= 4 is 10.0 Å². The Morgan fingerprint density at radius 1 is 1.07 bits per heavy atom. The number of hydrogen-bond acceptors (Lipinski definition) is 5. The number of para-hydroxylation sites is 1. The normalized spacial score (nSPS) is 32.2. The first-order valence-corrected chi connectivity index (χ1v) is 12.4. The molecular formula is C21H32N2O4S. The maximum atomic E-state index is 11.9. The van der Waals surface area contributed by atoms with Gasteiger partial charge in [0.15, 0.2) is 0 Å². The number of ether oxygens (including phenoxy) is 2. The first kappa shape index (κ1) is 20.1. The van der Waals surface area contributed by atoms with E-state index >= 15 is 0 Å². The standard InChI is InChI=1S/C21H32N2O4S/c1-28(24,25)22-19-6-4-12-23-13-14-26-21-7-3-2-5-18(21)16-8-10-17(11-9-16)27-15-20(19)23/h2-3,5,7,16-17,19-20,22H,4,6,8-15H2,1H3/t16-,17+,19-,20-/m0/s1. The van der Waals surface area contributed by atoms with Crippen molar-refractivity contribution < 1.29 is 17.9 Å². The highest BCUT2D eigenvalue weighted by Crippen LogP contribution is 2.38. The van der Waals surface area contributed by atoms with E-state index in [0.717, 1.165) is 57.4 Å². The third-order valence-corrected chi connectivity index (χ3v) is 7.16. The molecule has 6 nitrogen and oxygen atoms in total. The van der Waals surface area contributed by atoms with Crippen LogP contribution in [0.5, 0.6) is 5.75 Å². The van der Waals surface area contributed by atoms with Crippen molar-refractivity contribution in [2.75, 3.05) is 32.6 Å². The van der Waals surface area contributed by atoms with Crippen LogP contribution in [0, 0.1) is 0 Å². The lowest BCUT2D eigenvalue weighted by molar-refractivity contribution is -0.0284. The third kappa shape index (κ3) is 4.87. The fraction of sp³-hybridized carbons (Fsp3) is 0.714. The van der Waals surface area contributed by atoms with Crippen LogP contribution in [0.4, 0.5) is 0 Å². The van der Waals surface area contributed by atoms with Gasteiger partial charge in [0.05, 0.1) is 19.0 Å². The van der Waals surface area contributed by atoms with E-state index in [2.05, 4.69) is 27.8 Å². The van der Waals surface area contributed by atoms with Crippen LogP contribution in [0.1, 0.15) is 50.0 Å². The topological polar surface area (TPSA) is 67.9 Å². The molecule has 0 amide bonds. The number of nitrogens with one attached hydrogen (secondary N) is 1. The van der Waals surface area contributed by atoms with E-state index in [4.69, 9.17) is 9.47 Å². The summed E-state index contributed by atoms with van der Waals surface area (Å²) in [5.41, 5.74) is 1.33. The molecule has 3 heterocycles. The number of sulfonamides is 1. The molecule has 2 fully saturated rings. The van der Waals surface area contributed by atoms with Gasteiger partial charge in [-0.15, -0.1) is 0 Å². The van der Waals surface area contributed by atoms with Gasteiger partial charge in [0, 0.05) is 18.6 Å². The highest BCUT2D eigenvalue weighted by molar-refractivity contribution is 7.88. The molecule has 28 heavy (non-hydrogen) atoms. The molecule has 1 aromatic carbocycles. The average molecular weight is 409 g/mol. The van der Waals surface area contributed by atoms with Crippen molar-refractivity contribution in [3.05, 3.63) is 29.8 Å². The lowest BCUT2D eigenvalue weighted by atomic mass is 9.82. The Kier molecular flexibility index (Phi) is 6.25. The molecule has 1 saturated carbocycles. The molecule has 3 aliphatic heterocycles. The van der Waals surface area contributed by atoms with Crippen LogP contribution in [0.3, 0.4) is 0 Å². The van der Waals surface area contributed by atoms with Crippen molar-refractivity contribution in [3.63, 3.8) is 0 Å². The zero-order chi connectivity index (χ0) is 19.6. The van der Waals surface area contributed by atoms with Gasteiger partial charge in [0.1, 0.15) is 12.4 Å². The number of hydrogen-bond donors (Lipinski definition) is 1. The van der Waals surface area contributed by atoms with Gasteiger partial charge in [-0.05, 0) is 62.6 Å². The second-order valence-electron chi connectivity index (χ2n) is 8.44. The predicted molar refractivity (Wildman–Crippen MR) is 109 cm³/mol. The van der Waals surface area contributed by atoms with Gasteiger partial charge < -0.3 is 9.47 Å². The molecule has 4 aliphatic rings. The molecule has 2 atom stereocenters. The van der Waals surface area contributed by atoms with Crippen LogP contribution >= 0.6 is 0 Å². The zero-order valence-electron chi connectivity index (χ0n) is 16.7. The Balaban J connectivity index is 1.55. The Morgan fingerprint density at radius 2 is 1.86 bits per heavy atom. The molecule has 156 valence electrons. The van der Waals surface area contributed by atoms with Crippen molar-refractivity contribution in [1.29, 1.82) is 0 Å². The van der Waals surface area contributed by atoms with Gasteiger partial charge in [0.25, 0.3) is 0 Å². The number of fused-ring (bicyclic) bond motifs is 5. The number of rotatable bonds is 2. The second kappa shape index (κ2) is 8.69. The molecule has 2 bridgehead atoms. The number of nitrogens with zero attached hydrogens (tertiary/aromatic N) is 1. The minimum Gasteiger partial charge on any atom is -0.492 e. The molecule has 1 aliphatic carbocycles. The van der Waals surface area contributed by atoms with Gasteiger partial charge in [-0.3, -0.25) is 4.90 Å². The van der Waals surface area contributed by atoms with Crippen LogP contribution in [-0.2, 0) is 14.8 Å². The minimum absolute atomic E-state index is 0.0563. The van der Waals surface area contributed by atoms with Gasteiger partial charge in [0.2, 0.25) is 10.0 Å². The minimum atomic E-state index is -3.25. The maximum absolute atomic E-state index is 11.9. The lowest BCUT2D eigenvalue weighted by Gasteiger charge is -2.41. The first-order valence-electron chi connectivity index (χ1n) is 10.5. The fourth-order valence-electron chi connectivity index (χ4n) is 5.04. The van der Waals surface area contributed by atoms with E-state index in [1.807, 2.05) is 6.07 Å². The molecule has 0 radical (unpaired) electrons. The Bertz CT molecular complexity index is 761. The van der Waals surface area contributed by atoms with Crippen molar-refractivity contribution in [2.45, 2.75) is 62.6 Å². The summed E-state index contributed by atoms with van der Waals surface area (Å²) in [4.78, 5) is 2.35. The van der Waals surface area contributed by atoms with E-state index in [1.54, 1.807) is 0 Å². The third-order valence-electron chi connectivity index (χ3n) is 6.43. The Hall–Kier alpha value is -1.15. The van der Waals surface area contributed by atoms with E-state index < -0.39 is 10.0 Å². The van der Waals surface area contributed by atoms with Crippen LogP contribution < -0.4 is 9.46 Å². The van der Waals surface area contributed by atoms with Crippen LogP contribution in [0.25, 0.3) is 0 Å². The predicted octanol–water partition coefficient (Wildman–Crippen LogP) is 2.50. The van der Waals surface area contributed by atoms with Gasteiger partial charge in [-0.1, -0.05) is 18.2 Å². The van der Waals surface area contributed by atoms with E-state index in [0.29, 0.717) is 19.1 Å². The molecule has 7 heteroatoms. The van der Waals surface area contributed by atoms with Crippen LogP contribution in [-0.4, -0.2) is 64.1 Å². The van der Waals surface area contributed by atoms with Gasteiger partial charge in [-0.2, -0.15) is 0 Å². The smallest absolute Gasteiger partial charge is 0.209 e. The van der Waals surface area contributed by atoms with Crippen LogP contribution in [0.15, 0.2) is 24.3 Å². The monoisotopic (exact) mass is 408 g/mol. The molecule has 0 spiro atoms. The largest absolute Gasteiger partial charge is 0.492 e. The Morgan fingerprint density at radius 3 is 2.64 bits per heavy atom. The van der Waals surface area contributed by atoms with E-state index in [-0.39, 0.29) is 18.2 Å². The zero-order valence-corrected chi connectivity index (χ0v) is 17.5. The fourth-order valence-corrected chi connectivity index (χ4v) is 5.86. The molecular weight excluding hydrogens is 376 g/mol. The summed E-state index contributed by atoms with van der Waals surface area (Å²) in [5.74, 6) is 1.55. The van der Waals surface area contributed by atoms with Crippen molar-refractivity contribution in [2.24, 2.45) is 0 Å². The average Bonchev–Trinajstić information content (AvgIpc) is 2.69. The van der Waals surface area contributed by atoms with Crippen molar-refractivity contribution in [3.8, 4) is 5.75 Å². The molecule has 1 saturated heterocycles. The summed E-state index contributed by atoms with van der Waals surface area (Å²) in [7, 11) is -3.25. The summed E-state index contributed by atoms with van der Waals surface area (Å²) in [6.07, 6.45) is 7.68. The van der Waals surface area contributed by atoms with Crippen molar-refractivity contribution in [1.82, 2.24) is 9.62 Å². The van der Waals surface area contributed by atoms with Gasteiger partial charge >= 0.3 is 0 Å². The first-order chi connectivity index (χ1) is 13.5. The Labute approximate surface area is 168 Å². The quantitative estimate of drug-likeness (QED) is 0.814. The van der Waals surface area contributed by atoms with Crippen LogP contribution in [0.2, 0.25) is 0 Å². The number of benzene rings is 1. The summed E-state index contributed by atoms with van der Waals surface area (Å²) in [5, 5.41) is 0. The molecule has 1 aromatic rings. The molecule has 0 unspecified atom stereocenters. The SMILES string of the molecule is CS(=O)(=O)N[C@H]1CCCN2CCOc3ccccc3[C@H]3CC[C@H](CC3)OC[C@@H]12. The maximum Gasteiger partial charge on any atom is 0.209 e. The summed E-state index contributed by atoms with van der Waals surface area (Å²) in [6, 6.07) is 8.39. The van der Waals surface area contributed by atoms with E-state index in [1.165, 1.54) is 11.8 Å². The highest BCUT2D eigenvalue weighted by atomic mass is 32.2. The second-order valence-corrected chi connectivity index (χ2v) is 10.2. The molecule has 5 rings (SSSR count). The summed E-state index contributed by atoms with van der Waals surface area (Å²) in [6.45, 7) is 2.92. The van der Waals surface area contributed by atoms with Gasteiger partial charge in [-0.25, -0.2) is 13.1 Å². The number of piperidine rings is 1. The van der Waals surface area contributed by atoms with E-state index in [9.17, 15) is 8.42 Å².